The third-order valence-corrected chi connectivity index (χ3v) is 4.55. The fourth-order valence-electron chi connectivity index (χ4n) is 2.74. The number of nitrogens with one attached hydrogen (secondary N) is 1. The van der Waals surface area contributed by atoms with E-state index >= 15 is 0 Å². The molecule has 1 atom stereocenters. The molecule has 1 unspecified atom stereocenters. The van der Waals surface area contributed by atoms with Gasteiger partial charge in [0.05, 0.1) is 11.8 Å². The lowest BCUT2D eigenvalue weighted by Crippen LogP contribution is -2.39. The van der Waals surface area contributed by atoms with Gasteiger partial charge in [-0.05, 0) is 42.0 Å². The number of amides is 1. The van der Waals surface area contributed by atoms with Crippen LogP contribution in [0.3, 0.4) is 0 Å². The number of halogens is 7. The van der Waals surface area contributed by atoms with E-state index in [1.54, 1.807) is 29.6 Å². The van der Waals surface area contributed by atoms with Gasteiger partial charge in [0.25, 0.3) is 0 Å². The minimum atomic E-state index is -4.94. The first-order valence-corrected chi connectivity index (χ1v) is 9.60. The van der Waals surface area contributed by atoms with Crippen molar-refractivity contribution in [3.05, 3.63) is 76.6 Å². The normalized spacial score (nSPS) is 12.9. The van der Waals surface area contributed by atoms with Crippen molar-refractivity contribution in [2.75, 3.05) is 0 Å². The maximum absolute atomic E-state index is 13.4. The molecule has 0 aliphatic heterocycles. The van der Waals surface area contributed by atoms with E-state index in [9.17, 15) is 31.1 Å². The summed E-state index contributed by atoms with van der Waals surface area (Å²) in [7, 11) is 0. The van der Waals surface area contributed by atoms with Gasteiger partial charge in [-0.1, -0.05) is 28.9 Å². The number of hydrogen-bond acceptors (Lipinski definition) is 4. The van der Waals surface area contributed by atoms with Gasteiger partial charge < -0.3 is 10.1 Å². The van der Waals surface area contributed by atoms with Gasteiger partial charge in [-0.2, -0.15) is 26.3 Å². The maximum Gasteiger partial charge on any atom is 0.416 e. The highest BCUT2D eigenvalue weighted by Crippen LogP contribution is 2.35. The molecule has 2 aromatic carbocycles. The van der Waals surface area contributed by atoms with Crippen LogP contribution in [0.5, 0.6) is 5.75 Å². The molecule has 0 aliphatic rings. The lowest BCUT2D eigenvalue weighted by molar-refractivity contribution is -0.163. The number of alkyl halides is 6. The lowest BCUT2D eigenvalue weighted by Gasteiger charge is -2.22. The Morgan fingerprint density at radius 1 is 1.03 bits per heavy atom. The van der Waals surface area contributed by atoms with Crippen molar-refractivity contribution >= 4 is 17.5 Å². The van der Waals surface area contributed by atoms with E-state index in [4.69, 9.17) is 16.3 Å². The van der Waals surface area contributed by atoms with Crippen LogP contribution in [0, 0.1) is 0 Å². The Kier molecular flexibility index (Phi) is 7.15. The highest BCUT2D eigenvalue weighted by atomic mass is 35.5. The van der Waals surface area contributed by atoms with Crippen molar-refractivity contribution in [1.29, 1.82) is 0 Å². The van der Waals surface area contributed by atoms with Crippen LogP contribution < -0.4 is 10.1 Å². The molecular weight excluding hydrogens is 478 g/mol. The van der Waals surface area contributed by atoms with Gasteiger partial charge in [-0.25, -0.2) is 4.68 Å². The number of carbonyl (C=O) groups excluding carboxylic acids is 1. The Morgan fingerprint density at radius 2 is 1.67 bits per heavy atom. The fourth-order valence-corrected chi connectivity index (χ4v) is 2.87. The Labute approximate surface area is 188 Å². The van der Waals surface area contributed by atoms with Crippen molar-refractivity contribution in [1.82, 2.24) is 20.3 Å². The molecule has 0 spiro atoms. The maximum atomic E-state index is 13.4. The molecule has 0 bridgehead atoms. The molecule has 3 aromatic rings. The molecule has 33 heavy (non-hydrogen) atoms. The molecule has 0 saturated heterocycles. The van der Waals surface area contributed by atoms with Gasteiger partial charge in [0.1, 0.15) is 24.6 Å². The van der Waals surface area contributed by atoms with E-state index in [0.717, 1.165) is 4.68 Å². The second kappa shape index (κ2) is 9.69. The zero-order valence-electron chi connectivity index (χ0n) is 16.5. The Morgan fingerprint density at radius 3 is 2.24 bits per heavy atom. The van der Waals surface area contributed by atoms with Crippen LogP contribution in [0.1, 0.15) is 22.9 Å². The summed E-state index contributed by atoms with van der Waals surface area (Å²) in [5.41, 5.74) is -1.33. The minimum Gasteiger partial charge on any atom is -0.487 e. The zero-order chi connectivity index (χ0) is 24.2. The third kappa shape index (κ3) is 6.85. The van der Waals surface area contributed by atoms with Crippen LogP contribution in [0.2, 0.25) is 5.02 Å². The van der Waals surface area contributed by atoms with Crippen LogP contribution in [0.25, 0.3) is 0 Å². The van der Waals surface area contributed by atoms with Gasteiger partial charge in [-0.15, -0.1) is 5.10 Å². The topological polar surface area (TPSA) is 69.0 Å². The smallest absolute Gasteiger partial charge is 0.416 e. The predicted octanol–water partition coefficient (Wildman–Crippen LogP) is 4.95. The number of benzene rings is 2. The summed E-state index contributed by atoms with van der Waals surface area (Å²) in [5, 5.41) is 9.73. The van der Waals surface area contributed by atoms with Crippen molar-refractivity contribution in [3.63, 3.8) is 0 Å². The van der Waals surface area contributed by atoms with E-state index in [1.807, 2.05) is 0 Å². The summed E-state index contributed by atoms with van der Waals surface area (Å²) < 4.78 is 84.7. The molecule has 1 heterocycles. The first kappa shape index (κ1) is 24.4. The van der Waals surface area contributed by atoms with Gasteiger partial charge in [-0.3, -0.25) is 4.79 Å². The minimum absolute atomic E-state index is 0.0139. The van der Waals surface area contributed by atoms with Gasteiger partial charge >= 0.3 is 12.4 Å². The van der Waals surface area contributed by atoms with Crippen molar-refractivity contribution in [3.8, 4) is 5.75 Å². The zero-order valence-corrected chi connectivity index (χ0v) is 17.2. The quantitative estimate of drug-likeness (QED) is 0.474. The Hall–Kier alpha value is -3.28. The molecular formula is C20H15ClF6N4O2. The van der Waals surface area contributed by atoms with Crippen LogP contribution in [-0.2, 0) is 24.1 Å². The number of hydrogen-bond donors (Lipinski definition) is 1. The molecule has 0 fully saturated rings. The van der Waals surface area contributed by atoms with Gasteiger partial charge in [0.15, 0.2) is 6.04 Å². The molecule has 0 saturated carbocycles. The predicted molar refractivity (Wildman–Crippen MR) is 104 cm³/mol. The lowest BCUT2D eigenvalue weighted by atomic mass is 10.0. The molecule has 1 aromatic heterocycles. The van der Waals surface area contributed by atoms with E-state index < -0.39 is 42.0 Å². The number of carbonyl (C=O) groups is 1. The summed E-state index contributed by atoms with van der Waals surface area (Å²) in [6.07, 6.45) is -8.32. The van der Waals surface area contributed by atoms with E-state index in [2.05, 4.69) is 10.3 Å². The Bertz CT molecular complexity index is 1080. The van der Waals surface area contributed by atoms with Crippen molar-refractivity contribution in [2.45, 2.75) is 31.5 Å². The molecule has 0 radical (unpaired) electrons. The highest BCUT2D eigenvalue weighted by molar-refractivity contribution is 6.30. The van der Waals surface area contributed by atoms with Crippen LogP contribution in [0.15, 0.2) is 54.7 Å². The summed E-state index contributed by atoms with van der Waals surface area (Å²) in [5.74, 6) is -0.566. The highest BCUT2D eigenvalue weighted by Gasteiger charge is 2.42. The second-order valence-corrected chi connectivity index (χ2v) is 7.25. The summed E-state index contributed by atoms with van der Waals surface area (Å²) in [6.45, 7) is -0.610. The molecule has 3 rings (SSSR count). The standard InChI is InChI=1S/C20H15ClF6N4O2/c21-14-5-7-16(8-6-14)33-11-15-9-31(30-29-15)10-17(32)28-18(20(25,26)27)12-1-3-13(4-2-12)19(22,23)24/h1-9,18H,10-11H2,(H,28,32). The van der Waals surface area contributed by atoms with Gasteiger partial charge in [0.2, 0.25) is 5.91 Å². The first-order valence-electron chi connectivity index (χ1n) is 9.22. The third-order valence-electron chi connectivity index (χ3n) is 4.30. The van der Waals surface area contributed by atoms with Crippen molar-refractivity contribution in [2.24, 2.45) is 0 Å². The van der Waals surface area contributed by atoms with E-state index in [-0.39, 0.29) is 6.61 Å². The SMILES string of the molecule is O=C(Cn1cc(COc2ccc(Cl)cc2)nn1)NC(c1ccc(C(F)(F)F)cc1)C(F)(F)F. The van der Waals surface area contributed by atoms with E-state index in [0.29, 0.717) is 40.7 Å². The summed E-state index contributed by atoms with van der Waals surface area (Å²) >= 11 is 5.77. The first-order chi connectivity index (χ1) is 15.4. The summed E-state index contributed by atoms with van der Waals surface area (Å²) in [6, 6.07) is 6.36. The average molecular weight is 493 g/mol. The molecule has 13 heteroatoms. The molecule has 0 aliphatic carbocycles. The number of ether oxygens (including phenoxy) is 1. The number of rotatable bonds is 7. The van der Waals surface area contributed by atoms with Crippen LogP contribution in [0.4, 0.5) is 26.3 Å². The van der Waals surface area contributed by atoms with E-state index in [1.165, 1.54) is 6.20 Å². The second-order valence-electron chi connectivity index (χ2n) is 6.81. The monoisotopic (exact) mass is 492 g/mol. The molecule has 1 amide bonds. The molecule has 1 N–H and O–H groups in total. The van der Waals surface area contributed by atoms with Crippen molar-refractivity contribution < 1.29 is 35.9 Å². The Balaban J connectivity index is 1.62. The average Bonchev–Trinajstić information content (AvgIpc) is 3.17. The number of aromatic nitrogens is 3. The fraction of sp³-hybridized carbons (Fsp3) is 0.250. The van der Waals surface area contributed by atoms with Crippen LogP contribution in [-0.4, -0.2) is 27.1 Å². The van der Waals surface area contributed by atoms with Gasteiger partial charge in [0, 0.05) is 5.02 Å². The number of nitrogens with zero attached hydrogens (tertiary/aromatic N) is 3. The molecule has 6 nitrogen and oxygen atoms in total. The molecule has 176 valence electrons. The largest absolute Gasteiger partial charge is 0.487 e. The summed E-state index contributed by atoms with van der Waals surface area (Å²) in [4.78, 5) is 12.2. The van der Waals surface area contributed by atoms with Crippen LogP contribution >= 0.6 is 11.6 Å².